The molecule has 0 heterocycles. The van der Waals surface area contributed by atoms with Gasteiger partial charge in [0.2, 0.25) is 0 Å². The molecule has 0 spiro atoms. The number of rotatable bonds is 9. The van der Waals surface area contributed by atoms with Gasteiger partial charge in [-0.1, -0.05) is 20.8 Å². The Morgan fingerprint density at radius 3 is 1.78 bits per heavy atom. The van der Waals surface area contributed by atoms with E-state index in [9.17, 15) is 4.79 Å². The molecule has 1 N–H and O–H groups in total. The minimum Gasteiger partial charge on any atom is -1.00 e. The predicted molar refractivity (Wildman–Crippen MR) is 77.4 cm³/mol. The SMILES string of the molecule is CCC[P+](CCC)(CCC)CNC(=O)OCC.[Cl-]. The average Bonchev–Trinajstić information content (AvgIpc) is 2.28. The average molecular weight is 298 g/mol. The highest BCUT2D eigenvalue weighted by Crippen LogP contribution is 2.59. The van der Waals surface area contributed by atoms with Crippen molar-refractivity contribution in [2.45, 2.75) is 47.0 Å². The Kier molecular flexibility index (Phi) is 13.6. The summed E-state index contributed by atoms with van der Waals surface area (Å²) in [5.41, 5.74) is 0. The first-order valence-corrected chi connectivity index (χ1v) is 9.42. The van der Waals surface area contributed by atoms with Crippen LogP contribution in [0.15, 0.2) is 0 Å². The monoisotopic (exact) mass is 297 g/mol. The zero-order valence-corrected chi connectivity index (χ0v) is 13.9. The second-order valence-electron chi connectivity index (χ2n) is 4.57. The van der Waals surface area contributed by atoms with Gasteiger partial charge in [0, 0.05) is 7.26 Å². The van der Waals surface area contributed by atoms with E-state index in [1.165, 1.54) is 37.7 Å². The molecule has 0 fully saturated rings. The molecule has 0 aliphatic rings. The zero-order chi connectivity index (χ0) is 13.1. The van der Waals surface area contributed by atoms with Crippen molar-refractivity contribution in [1.29, 1.82) is 0 Å². The predicted octanol–water partition coefficient (Wildman–Crippen LogP) is 0.942. The Labute approximate surface area is 119 Å². The van der Waals surface area contributed by atoms with Crippen LogP contribution in [0.25, 0.3) is 0 Å². The van der Waals surface area contributed by atoms with Gasteiger partial charge in [-0.25, -0.2) is 4.79 Å². The first-order valence-electron chi connectivity index (χ1n) is 6.89. The second-order valence-corrected chi connectivity index (χ2v) is 8.91. The molecule has 18 heavy (non-hydrogen) atoms. The normalized spacial score (nSPS) is 10.7. The zero-order valence-electron chi connectivity index (χ0n) is 12.3. The highest BCUT2D eigenvalue weighted by molar-refractivity contribution is 7.75. The highest BCUT2D eigenvalue weighted by Gasteiger charge is 2.34. The number of alkyl carbamates (subject to hydrolysis) is 1. The van der Waals surface area contributed by atoms with E-state index < -0.39 is 7.26 Å². The molecule has 0 saturated carbocycles. The van der Waals surface area contributed by atoms with Crippen molar-refractivity contribution in [3.05, 3.63) is 0 Å². The quantitative estimate of drug-likeness (QED) is 0.643. The maximum Gasteiger partial charge on any atom is 0.409 e. The van der Waals surface area contributed by atoms with Gasteiger partial charge in [0.15, 0.2) is 0 Å². The van der Waals surface area contributed by atoms with Gasteiger partial charge < -0.3 is 17.1 Å². The number of carbonyl (C=O) groups excluding carboxylic acids is 1. The van der Waals surface area contributed by atoms with Crippen LogP contribution in [0.1, 0.15) is 47.0 Å². The molecule has 0 aliphatic carbocycles. The van der Waals surface area contributed by atoms with Crippen molar-refractivity contribution in [3.63, 3.8) is 0 Å². The molecule has 0 rings (SSSR count). The molecule has 0 aromatic rings. The molecular formula is C13H29ClNO2P. The van der Waals surface area contributed by atoms with Crippen LogP contribution in [0, 0.1) is 0 Å². The number of hydrogen-bond acceptors (Lipinski definition) is 2. The van der Waals surface area contributed by atoms with Crippen LogP contribution in [0.2, 0.25) is 0 Å². The summed E-state index contributed by atoms with van der Waals surface area (Å²) in [5.74, 6) is 0. The number of carbonyl (C=O) groups is 1. The number of ether oxygens (including phenoxy) is 1. The fourth-order valence-corrected chi connectivity index (χ4v) is 6.87. The molecule has 0 bridgehead atoms. The van der Waals surface area contributed by atoms with E-state index in [1.807, 2.05) is 6.92 Å². The summed E-state index contributed by atoms with van der Waals surface area (Å²) in [6.45, 7) is 9.01. The summed E-state index contributed by atoms with van der Waals surface area (Å²) in [6, 6.07) is 0. The molecule has 0 aromatic heterocycles. The maximum atomic E-state index is 11.4. The lowest BCUT2D eigenvalue weighted by Crippen LogP contribution is -3.00. The van der Waals surface area contributed by atoms with Crippen molar-refractivity contribution in [3.8, 4) is 0 Å². The van der Waals surface area contributed by atoms with Crippen LogP contribution in [-0.2, 0) is 4.74 Å². The fourth-order valence-electron chi connectivity index (χ4n) is 2.41. The summed E-state index contributed by atoms with van der Waals surface area (Å²) < 4.78 is 4.94. The van der Waals surface area contributed by atoms with Crippen LogP contribution >= 0.6 is 7.26 Å². The molecule has 0 radical (unpaired) electrons. The third kappa shape index (κ3) is 8.16. The Morgan fingerprint density at radius 1 is 1.00 bits per heavy atom. The lowest BCUT2D eigenvalue weighted by Gasteiger charge is -2.26. The van der Waals surface area contributed by atoms with E-state index in [0.717, 1.165) is 6.29 Å². The Morgan fingerprint density at radius 2 is 1.44 bits per heavy atom. The van der Waals surface area contributed by atoms with E-state index in [0.29, 0.717) is 6.61 Å². The minimum atomic E-state index is -0.986. The third-order valence-corrected chi connectivity index (χ3v) is 7.94. The van der Waals surface area contributed by atoms with Crippen LogP contribution in [0.4, 0.5) is 4.79 Å². The molecule has 5 heteroatoms. The molecule has 110 valence electrons. The molecule has 0 unspecified atom stereocenters. The lowest BCUT2D eigenvalue weighted by molar-refractivity contribution is -0.0000100. The molecular weight excluding hydrogens is 269 g/mol. The van der Waals surface area contributed by atoms with E-state index in [-0.39, 0.29) is 18.5 Å². The Bertz CT molecular complexity index is 198. The number of amides is 1. The summed E-state index contributed by atoms with van der Waals surface area (Å²) in [7, 11) is -0.986. The summed E-state index contributed by atoms with van der Waals surface area (Å²) in [4.78, 5) is 11.4. The van der Waals surface area contributed by atoms with Gasteiger partial charge in [0.1, 0.15) is 6.29 Å². The lowest BCUT2D eigenvalue weighted by atomic mass is 10.6. The molecule has 0 atom stereocenters. The van der Waals surface area contributed by atoms with Gasteiger partial charge in [0.25, 0.3) is 0 Å². The van der Waals surface area contributed by atoms with Gasteiger partial charge in [-0.3, -0.25) is 5.32 Å². The fraction of sp³-hybridized carbons (Fsp3) is 0.923. The second kappa shape index (κ2) is 12.0. The maximum absolute atomic E-state index is 11.4. The topological polar surface area (TPSA) is 38.3 Å². The molecule has 0 saturated heterocycles. The summed E-state index contributed by atoms with van der Waals surface area (Å²) >= 11 is 0. The smallest absolute Gasteiger partial charge is 0.409 e. The molecule has 0 aromatic carbocycles. The summed E-state index contributed by atoms with van der Waals surface area (Å²) in [6.07, 6.45) is 8.15. The van der Waals surface area contributed by atoms with Crippen molar-refractivity contribution >= 4 is 13.4 Å². The first kappa shape index (κ1) is 20.3. The van der Waals surface area contributed by atoms with Crippen LogP contribution in [0.5, 0.6) is 0 Å². The van der Waals surface area contributed by atoms with Gasteiger partial charge in [-0.15, -0.1) is 0 Å². The standard InChI is InChI=1S/C13H28NO2P.ClH/c1-5-9-17(10-6-2,11-7-3)12-14-13(15)16-8-4;/h5-12H2,1-4H3;1H. The number of nitrogens with one attached hydrogen (secondary N) is 1. The first-order chi connectivity index (χ1) is 8.14. The molecule has 3 nitrogen and oxygen atoms in total. The number of hydrogen-bond donors (Lipinski definition) is 1. The van der Waals surface area contributed by atoms with Crippen LogP contribution < -0.4 is 17.7 Å². The van der Waals surface area contributed by atoms with Crippen LogP contribution in [-0.4, -0.2) is 37.5 Å². The van der Waals surface area contributed by atoms with Crippen molar-refractivity contribution in [2.24, 2.45) is 0 Å². The van der Waals surface area contributed by atoms with E-state index in [4.69, 9.17) is 4.74 Å². The minimum absolute atomic E-state index is 0. The Balaban J connectivity index is 0. The van der Waals surface area contributed by atoms with E-state index in [2.05, 4.69) is 26.1 Å². The highest BCUT2D eigenvalue weighted by atomic mass is 35.5. The summed E-state index contributed by atoms with van der Waals surface area (Å²) in [5, 5.41) is 2.97. The van der Waals surface area contributed by atoms with Crippen molar-refractivity contribution in [2.75, 3.05) is 31.4 Å². The van der Waals surface area contributed by atoms with Gasteiger partial charge in [-0.2, -0.15) is 0 Å². The van der Waals surface area contributed by atoms with Crippen LogP contribution in [0.3, 0.4) is 0 Å². The van der Waals surface area contributed by atoms with Gasteiger partial charge in [0.05, 0.1) is 25.1 Å². The van der Waals surface area contributed by atoms with Gasteiger partial charge >= 0.3 is 6.09 Å². The third-order valence-electron chi connectivity index (χ3n) is 2.93. The van der Waals surface area contributed by atoms with Crippen molar-refractivity contribution < 1.29 is 21.9 Å². The Hall–Kier alpha value is -0.0100. The van der Waals surface area contributed by atoms with E-state index >= 15 is 0 Å². The van der Waals surface area contributed by atoms with E-state index in [1.54, 1.807) is 0 Å². The number of halogens is 1. The molecule has 1 amide bonds. The molecule has 0 aliphatic heterocycles. The van der Waals surface area contributed by atoms with Crippen molar-refractivity contribution in [1.82, 2.24) is 5.32 Å². The van der Waals surface area contributed by atoms with Gasteiger partial charge in [-0.05, 0) is 26.2 Å². The largest absolute Gasteiger partial charge is 1.00 e.